The summed E-state index contributed by atoms with van der Waals surface area (Å²) in [4.78, 5) is 0. The van der Waals surface area contributed by atoms with Crippen LogP contribution < -0.4 is 0 Å². The molecule has 0 saturated heterocycles. The van der Waals surface area contributed by atoms with Gasteiger partial charge >= 0.3 is 0 Å². The van der Waals surface area contributed by atoms with Crippen LogP contribution in [0.1, 0.15) is 48.5 Å². The molecule has 0 heterocycles. The van der Waals surface area contributed by atoms with E-state index in [2.05, 4.69) is 48.5 Å². The van der Waals surface area contributed by atoms with Crippen LogP contribution in [0, 0.1) is 41.4 Å². The molecule has 1 aliphatic carbocycles. The monoisotopic (exact) mass is 196 g/mol. The third-order valence-electron chi connectivity index (χ3n) is 5.30. The van der Waals surface area contributed by atoms with Crippen molar-refractivity contribution < 1.29 is 0 Å². The van der Waals surface area contributed by atoms with Gasteiger partial charge in [0.15, 0.2) is 0 Å². The van der Waals surface area contributed by atoms with Gasteiger partial charge in [-0.3, -0.25) is 0 Å². The molecule has 1 saturated carbocycles. The lowest BCUT2D eigenvalue weighted by Crippen LogP contribution is -2.43. The summed E-state index contributed by atoms with van der Waals surface area (Å²) in [5.41, 5.74) is 0. The smallest absolute Gasteiger partial charge is 0.0334 e. The molecule has 0 nitrogen and oxygen atoms in total. The van der Waals surface area contributed by atoms with Gasteiger partial charge in [0.05, 0.1) is 0 Å². The van der Waals surface area contributed by atoms with Crippen LogP contribution in [0.25, 0.3) is 0 Å². The molecular weight excluding hydrogens is 168 g/mol. The van der Waals surface area contributed by atoms with Crippen LogP contribution in [0.3, 0.4) is 0 Å². The molecule has 0 amide bonds. The first-order valence-corrected chi connectivity index (χ1v) is 6.37. The molecule has 0 aliphatic heterocycles. The van der Waals surface area contributed by atoms with Gasteiger partial charge in [0.25, 0.3) is 0 Å². The van der Waals surface area contributed by atoms with Gasteiger partial charge in [0.2, 0.25) is 0 Å². The van der Waals surface area contributed by atoms with E-state index >= 15 is 0 Å². The molecule has 0 aromatic rings. The van der Waals surface area contributed by atoms with E-state index in [-0.39, 0.29) is 0 Å². The van der Waals surface area contributed by atoms with Crippen LogP contribution in [0.15, 0.2) is 0 Å². The zero-order chi connectivity index (χ0) is 11.0. The molecule has 4 unspecified atom stereocenters. The van der Waals surface area contributed by atoms with Crippen LogP contribution >= 0.6 is 0 Å². The van der Waals surface area contributed by atoms with Crippen molar-refractivity contribution in [2.75, 3.05) is 0 Å². The molecule has 0 spiro atoms. The molecule has 0 aromatic heterocycles. The number of hydrogen-bond acceptors (Lipinski definition) is 0. The first kappa shape index (κ1) is 12.1. The van der Waals surface area contributed by atoms with E-state index in [9.17, 15) is 0 Å². The van der Waals surface area contributed by atoms with E-state index in [4.69, 9.17) is 0 Å². The summed E-state index contributed by atoms with van der Waals surface area (Å²) in [7, 11) is 0. The fourth-order valence-corrected chi connectivity index (χ4v) is 3.83. The Balaban J connectivity index is 2.86. The second kappa shape index (κ2) is 4.24. The SMILES string of the molecule is CC(C)C1C(C)C(C)C(C)C(C)C1C. The molecule has 1 aliphatic rings. The lowest BCUT2D eigenvalue weighted by Gasteiger charge is -2.49. The number of rotatable bonds is 1. The minimum absolute atomic E-state index is 0.845. The Hall–Kier alpha value is 0. The molecule has 14 heavy (non-hydrogen) atoms. The molecular formula is C14H28. The second-order valence-electron chi connectivity index (χ2n) is 6.12. The lowest BCUT2D eigenvalue weighted by atomic mass is 9.57. The Morgan fingerprint density at radius 3 is 1.14 bits per heavy atom. The summed E-state index contributed by atoms with van der Waals surface area (Å²) in [5, 5.41) is 0. The fraction of sp³-hybridized carbons (Fsp3) is 1.00. The Labute approximate surface area is 90.5 Å². The molecule has 1 rings (SSSR count). The van der Waals surface area contributed by atoms with E-state index in [1.807, 2.05) is 0 Å². The highest BCUT2D eigenvalue weighted by molar-refractivity contribution is 4.90. The molecule has 0 bridgehead atoms. The number of hydrogen-bond donors (Lipinski definition) is 0. The van der Waals surface area contributed by atoms with Crippen molar-refractivity contribution in [2.24, 2.45) is 41.4 Å². The summed E-state index contributed by atoms with van der Waals surface area (Å²) in [5.74, 6) is 6.26. The average Bonchev–Trinajstić information content (AvgIpc) is 2.11. The summed E-state index contributed by atoms with van der Waals surface area (Å²) >= 11 is 0. The van der Waals surface area contributed by atoms with Gasteiger partial charge in [-0.2, -0.15) is 0 Å². The first-order chi connectivity index (χ1) is 6.37. The molecule has 0 aromatic carbocycles. The Morgan fingerprint density at radius 2 is 0.857 bits per heavy atom. The van der Waals surface area contributed by atoms with Crippen molar-refractivity contribution in [1.82, 2.24) is 0 Å². The largest absolute Gasteiger partial charge is 0.0625 e. The maximum absolute atomic E-state index is 2.47. The molecule has 0 N–H and O–H groups in total. The van der Waals surface area contributed by atoms with Crippen molar-refractivity contribution in [3.05, 3.63) is 0 Å². The van der Waals surface area contributed by atoms with E-state index in [1.54, 1.807) is 0 Å². The Kier molecular flexibility index (Phi) is 3.66. The van der Waals surface area contributed by atoms with E-state index in [0.29, 0.717) is 0 Å². The lowest BCUT2D eigenvalue weighted by molar-refractivity contribution is -0.00333. The maximum atomic E-state index is 2.47. The summed E-state index contributed by atoms with van der Waals surface area (Å²) < 4.78 is 0. The molecule has 1 fully saturated rings. The van der Waals surface area contributed by atoms with Crippen molar-refractivity contribution in [3.8, 4) is 0 Å². The fourth-order valence-electron chi connectivity index (χ4n) is 3.83. The van der Waals surface area contributed by atoms with Crippen LogP contribution in [-0.2, 0) is 0 Å². The highest BCUT2D eigenvalue weighted by atomic mass is 14.5. The topological polar surface area (TPSA) is 0 Å². The third-order valence-corrected chi connectivity index (χ3v) is 5.30. The van der Waals surface area contributed by atoms with Gasteiger partial charge < -0.3 is 0 Å². The van der Waals surface area contributed by atoms with Crippen LogP contribution in [0.5, 0.6) is 0 Å². The highest BCUT2D eigenvalue weighted by Gasteiger charge is 2.41. The summed E-state index contributed by atoms with van der Waals surface area (Å²) in [6.45, 7) is 17.1. The van der Waals surface area contributed by atoms with Crippen molar-refractivity contribution in [1.29, 1.82) is 0 Å². The molecule has 0 radical (unpaired) electrons. The van der Waals surface area contributed by atoms with Gasteiger partial charge in [-0.1, -0.05) is 48.5 Å². The molecule has 4 atom stereocenters. The summed E-state index contributed by atoms with van der Waals surface area (Å²) in [6.07, 6.45) is 0. The average molecular weight is 196 g/mol. The van der Waals surface area contributed by atoms with Gasteiger partial charge in [0.1, 0.15) is 0 Å². The highest BCUT2D eigenvalue weighted by Crippen LogP contribution is 2.47. The zero-order valence-electron chi connectivity index (χ0n) is 11.0. The maximum Gasteiger partial charge on any atom is -0.0334 e. The predicted octanol–water partition coefficient (Wildman–Crippen LogP) is 4.45. The van der Waals surface area contributed by atoms with Crippen LogP contribution in [0.2, 0.25) is 0 Å². The van der Waals surface area contributed by atoms with Crippen molar-refractivity contribution in [3.63, 3.8) is 0 Å². The van der Waals surface area contributed by atoms with E-state index in [1.165, 1.54) is 0 Å². The normalized spacial score (nSPS) is 49.7. The Morgan fingerprint density at radius 1 is 0.571 bits per heavy atom. The standard InChI is InChI=1S/C14H28/c1-8(2)14-12(6)10(4)9(3)11(5)13(14)7/h8-14H,1-7H3. The van der Waals surface area contributed by atoms with Crippen LogP contribution in [-0.4, -0.2) is 0 Å². The molecule has 84 valence electrons. The van der Waals surface area contributed by atoms with E-state index < -0.39 is 0 Å². The van der Waals surface area contributed by atoms with Crippen molar-refractivity contribution >= 4 is 0 Å². The van der Waals surface area contributed by atoms with Gasteiger partial charge in [-0.05, 0) is 41.4 Å². The minimum atomic E-state index is 0.845. The van der Waals surface area contributed by atoms with Gasteiger partial charge in [0, 0.05) is 0 Å². The zero-order valence-corrected chi connectivity index (χ0v) is 11.0. The van der Waals surface area contributed by atoms with Gasteiger partial charge in [-0.25, -0.2) is 0 Å². The predicted molar refractivity (Wildman–Crippen MR) is 64.1 cm³/mol. The van der Waals surface area contributed by atoms with E-state index in [0.717, 1.165) is 41.4 Å². The summed E-state index contributed by atoms with van der Waals surface area (Å²) in [6, 6.07) is 0. The third kappa shape index (κ3) is 1.85. The second-order valence-corrected chi connectivity index (χ2v) is 6.12. The quantitative estimate of drug-likeness (QED) is 0.581. The minimum Gasteiger partial charge on any atom is -0.0625 e. The van der Waals surface area contributed by atoms with Crippen LogP contribution in [0.4, 0.5) is 0 Å². The van der Waals surface area contributed by atoms with Crippen molar-refractivity contribution in [2.45, 2.75) is 48.5 Å². The Bertz CT molecular complexity index is 166. The molecule has 0 heteroatoms. The van der Waals surface area contributed by atoms with Gasteiger partial charge in [-0.15, -0.1) is 0 Å². The first-order valence-electron chi connectivity index (χ1n) is 6.37.